The minimum Gasteiger partial charge on any atom is -0.477 e. The summed E-state index contributed by atoms with van der Waals surface area (Å²) >= 11 is 1.14. The highest BCUT2D eigenvalue weighted by Crippen LogP contribution is 2.38. The zero-order valence-electron chi connectivity index (χ0n) is 10.4. The normalized spacial score (nSPS) is 13.8. The molecule has 1 aliphatic rings. The molecule has 4 N–H and O–H groups in total. The van der Waals surface area contributed by atoms with Crippen LogP contribution in [0.25, 0.3) is 10.1 Å². The molecule has 2 aromatic rings. The maximum Gasteiger partial charge on any atom is 0.348 e. The van der Waals surface area contributed by atoms with Gasteiger partial charge in [-0.25, -0.2) is 4.79 Å². The second-order valence-electron chi connectivity index (χ2n) is 4.63. The van der Waals surface area contributed by atoms with Crippen LogP contribution in [0.4, 0.5) is 11.4 Å². The molecule has 0 saturated heterocycles. The summed E-state index contributed by atoms with van der Waals surface area (Å²) in [6, 6.07) is 5.19. The molecular weight excluding hydrogens is 300 g/mol. The first-order valence-electron chi connectivity index (χ1n) is 5.92. The van der Waals surface area contributed by atoms with E-state index in [1.54, 1.807) is 18.2 Å². The third kappa shape index (κ3) is 2.57. The highest BCUT2D eigenvalue weighted by Gasteiger charge is 2.31. The van der Waals surface area contributed by atoms with Crippen molar-refractivity contribution >= 4 is 57.1 Å². The molecule has 3 rings (SSSR count). The predicted octanol–water partition coefficient (Wildman–Crippen LogP) is 2.95. The van der Waals surface area contributed by atoms with Crippen molar-refractivity contribution in [1.29, 1.82) is 0 Å². The van der Waals surface area contributed by atoms with Crippen LogP contribution >= 0.6 is 23.7 Å². The fraction of sp³-hybridized carbons (Fsp3) is 0.231. The molecule has 0 bridgehead atoms. The lowest BCUT2D eigenvalue weighted by Crippen LogP contribution is -2.15. The number of fused-ring (bicyclic) bond motifs is 1. The number of carboxylic acid groups (broad SMARTS) is 1. The molecule has 1 amide bonds. The molecule has 1 fully saturated rings. The molecular formula is C13H13ClN2O3S. The van der Waals surface area contributed by atoms with Gasteiger partial charge in [0.25, 0.3) is 0 Å². The number of halogens is 1. The Morgan fingerprint density at radius 1 is 1.35 bits per heavy atom. The molecule has 0 unspecified atom stereocenters. The van der Waals surface area contributed by atoms with E-state index in [0.29, 0.717) is 16.8 Å². The van der Waals surface area contributed by atoms with E-state index >= 15 is 0 Å². The van der Waals surface area contributed by atoms with Crippen molar-refractivity contribution in [3.05, 3.63) is 23.1 Å². The van der Waals surface area contributed by atoms with Crippen LogP contribution in [0.1, 0.15) is 22.5 Å². The summed E-state index contributed by atoms with van der Waals surface area (Å²) in [4.78, 5) is 23.3. The smallest absolute Gasteiger partial charge is 0.348 e. The quantitative estimate of drug-likeness (QED) is 0.760. The van der Waals surface area contributed by atoms with Crippen molar-refractivity contribution in [3.8, 4) is 0 Å². The van der Waals surface area contributed by atoms with Gasteiger partial charge in [-0.3, -0.25) is 4.79 Å². The van der Waals surface area contributed by atoms with Crippen LogP contribution in [-0.2, 0) is 4.79 Å². The van der Waals surface area contributed by atoms with E-state index in [4.69, 9.17) is 5.73 Å². The molecule has 1 aliphatic carbocycles. The molecule has 1 aromatic heterocycles. The number of nitrogens with two attached hydrogens (primary N) is 1. The number of benzene rings is 1. The van der Waals surface area contributed by atoms with E-state index in [9.17, 15) is 14.7 Å². The Bertz CT molecular complexity index is 694. The molecule has 1 saturated carbocycles. The van der Waals surface area contributed by atoms with Gasteiger partial charge in [-0.05, 0) is 31.0 Å². The summed E-state index contributed by atoms with van der Waals surface area (Å²) in [5, 5.41) is 12.7. The summed E-state index contributed by atoms with van der Waals surface area (Å²) in [7, 11) is 0. The van der Waals surface area contributed by atoms with Gasteiger partial charge >= 0.3 is 5.97 Å². The molecule has 106 valence electrons. The lowest BCUT2D eigenvalue weighted by molar-refractivity contribution is -0.117. The van der Waals surface area contributed by atoms with Crippen molar-refractivity contribution in [1.82, 2.24) is 0 Å². The first-order valence-corrected chi connectivity index (χ1v) is 6.74. The fourth-order valence-corrected chi connectivity index (χ4v) is 2.94. The number of carbonyl (C=O) groups excluding carboxylic acids is 1. The maximum absolute atomic E-state index is 11.8. The Labute approximate surface area is 125 Å². The van der Waals surface area contributed by atoms with Gasteiger partial charge in [0, 0.05) is 21.7 Å². The van der Waals surface area contributed by atoms with Crippen LogP contribution in [0.2, 0.25) is 0 Å². The molecule has 0 spiro atoms. The fourth-order valence-electron chi connectivity index (χ4n) is 1.96. The Morgan fingerprint density at radius 2 is 2.05 bits per heavy atom. The Kier molecular flexibility index (Phi) is 3.87. The number of rotatable bonds is 3. The molecule has 0 aliphatic heterocycles. The van der Waals surface area contributed by atoms with Gasteiger partial charge in [0.2, 0.25) is 5.91 Å². The van der Waals surface area contributed by atoms with Gasteiger partial charge in [-0.2, -0.15) is 0 Å². The number of carbonyl (C=O) groups is 2. The number of amides is 1. The van der Waals surface area contributed by atoms with Crippen LogP contribution in [0, 0.1) is 5.92 Å². The van der Waals surface area contributed by atoms with Gasteiger partial charge < -0.3 is 16.2 Å². The van der Waals surface area contributed by atoms with Gasteiger partial charge in [0.05, 0.1) is 5.69 Å². The summed E-state index contributed by atoms with van der Waals surface area (Å²) < 4.78 is 0.803. The largest absolute Gasteiger partial charge is 0.477 e. The van der Waals surface area contributed by atoms with Gasteiger partial charge in [-0.1, -0.05) is 0 Å². The monoisotopic (exact) mass is 312 g/mol. The maximum atomic E-state index is 11.8. The van der Waals surface area contributed by atoms with Crippen molar-refractivity contribution in [2.45, 2.75) is 12.8 Å². The topological polar surface area (TPSA) is 92.4 Å². The number of anilines is 2. The first-order chi connectivity index (χ1) is 9.06. The van der Waals surface area contributed by atoms with E-state index in [0.717, 1.165) is 28.9 Å². The number of nitrogens with one attached hydrogen (secondary N) is 1. The lowest BCUT2D eigenvalue weighted by Gasteiger charge is -2.04. The number of hydrogen-bond donors (Lipinski definition) is 3. The minimum absolute atomic E-state index is 0. The van der Waals surface area contributed by atoms with Gasteiger partial charge in [0.15, 0.2) is 0 Å². The third-order valence-electron chi connectivity index (χ3n) is 3.10. The number of hydrogen-bond acceptors (Lipinski definition) is 4. The SMILES string of the molecule is Cl.Nc1ccc2sc(C(=O)O)c(NC(=O)C3CC3)c2c1. The van der Waals surface area contributed by atoms with Crippen LogP contribution in [0.5, 0.6) is 0 Å². The van der Waals surface area contributed by atoms with E-state index in [1.165, 1.54) is 0 Å². The van der Waals surface area contributed by atoms with Crippen molar-refractivity contribution in [3.63, 3.8) is 0 Å². The second-order valence-corrected chi connectivity index (χ2v) is 5.68. The molecule has 1 heterocycles. The predicted molar refractivity (Wildman–Crippen MR) is 81.8 cm³/mol. The van der Waals surface area contributed by atoms with E-state index in [-0.39, 0.29) is 29.1 Å². The molecule has 0 atom stereocenters. The van der Waals surface area contributed by atoms with E-state index < -0.39 is 5.97 Å². The van der Waals surface area contributed by atoms with E-state index in [1.807, 2.05) is 0 Å². The van der Waals surface area contributed by atoms with Crippen molar-refractivity contribution < 1.29 is 14.7 Å². The van der Waals surface area contributed by atoms with Crippen LogP contribution in [0.3, 0.4) is 0 Å². The number of carboxylic acids is 1. The molecule has 7 heteroatoms. The summed E-state index contributed by atoms with van der Waals surface area (Å²) in [5.41, 5.74) is 6.64. The van der Waals surface area contributed by atoms with Crippen LogP contribution in [0.15, 0.2) is 18.2 Å². The Morgan fingerprint density at radius 3 is 2.65 bits per heavy atom. The summed E-state index contributed by atoms with van der Waals surface area (Å²) in [6.45, 7) is 0. The van der Waals surface area contributed by atoms with Crippen molar-refractivity contribution in [2.75, 3.05) is 11.1 Å². The van der Waals surface area contributed by atoms with Gasteiger partial charge in [0.1, 0.15) is 4.88 Å². The zero-order chi connectivity index (χ0) is 13.6. The summed E-state index contributed by atoms with van der Waals surface area (Å²) in [6.07, 6.45) is 1.75. The second kappa shape index (κ2) is 5.30. The molecule has 5 nitrogen and oxygen atoms in total. The molecule has 0 radical (unpaired) electrons. The zero-order valence-corrected chi connectivity index (χ0v) is 12.0. The van der Waals surface area contributed by atoms with Crippen molar-refractivity contribution in [2.24, 2.45) is 5.92 Å². The third-order valence-corrected chi connectivity index (χ3v) is 4.26. The first kappa shape index (κ1) is 14.6. The highest BCUT2D eigenvalue weighted by atomic mass is 35.5. The number of nitrogen functional groups attached to an aromatic ring is 1. The molecule has 1 aromatic carbocycles. The number of thiophene rings is 1. The molecule has 20 heavy (non-hydrogen) atoms. The standard InChI is InChI=1S/C13H12N2O3S.ClH/c14-7-3-4-9-8(5-7)10(11(19-9)13(17)18)15-12(16)6-1-2-6;/h3-6H,1-2,14H2,(H,15,16)(H,17,18);1H. The van der Waals surface area contributed by atoms with E-state index in [2.05, 4.69) is 5.32 Å². The highest BCUT2D eigenvalue weighted by molar-refractivity contribution is 7.21. The lowest BCUT2D eigenvalue weighted by atomic mass is 10.2. The van der Waals surface area contributed by atoms with Crippen LogP contribution in [-0.4, -0.2) is 17.0 Å². The summed E-state index contributed by atoms with van der Waals surface area (Å²) in [5.74, 6) is -1.12. The Hall–Kier alpha value is -1.79. The van der Waals surface area contributed by atoms with Gasteiger partial charge in [-0.15, -0.1) is 23.7 Å². The van der Waals surface area contributed by atoms with Crippen LogP contribution < -0.4 is 11.1 Å². The minimum atomic E-state index is -1.04. The average Bonchev–Trinajstić information content (AvgIpc) is 3.14. The Balaban J connectivity index is 0.00000147. The average molecular weight is 313 g/mol. The number of aromatic carboxylic acids is 1.